The van der Waals surface area contributed by atoms with E-state index in [9.17, 15) is 4.79 Å². The molecule has 5 nitrogen and oxygen atoms in total. The molecule has 0 saturated carbocycles. The molecule has 0 fully saturated rings. The fourth-order valence-corrected chi connectivity index (χ4v) is 2.37. The highest BCUT2D eigenvalue weighted by atomic mass is 16.3. The van der Waals surface area contributed by atoms with Crippen LogP contribution in [0.3, 0.4) is 0 Å². The van der Waals surface area contributed by atoms with E-state index in [4.69, 9.17) is 4.42 Å². The Balaban J connectivity index is 1.83. The second-order valence-electron chi connectivity index (χ2n) is 5.12. The number of aromatic nitrogens is 2. The van der Waals surface area contributed by atoms with E-state index in [1.807, 2.05) is 36.7 Å². The summed E-state index contributed by atoms with van der Waals surface area (Å²) in [7, 11) is 0. The lowest BCUT2D eigenvalue weighted by molar-refractivity contribution is 0.0996. The van der Waals surface area contributed by atoms with Crippen molar-refractivity contribution in [2.45, 2.75) is 20.4 Å². The molecule has 22 heavy (non-hydrogen) atoms. The number of nitrogens with one attached hydrogen (secondary N) is 1. The maximum absolute atomic E-state index is 12.1. The van der Waals surface area contributed by atoms with Crippen LogP contribution < -0.4 is 5.32 Å². The van der Waals surface area contributed by atoms with Gasteiger partial charge >= 0.3 is 0 Å². The van der Waals surface area contributed by atoms with Gasteiger partial charge in [-0.1, -0.05) is 30.3 Å². The van der Waals surface area contributed by atoms with Crippen LogP contribution in [0.1, 0.15) is 27.5 Å². The Hall–Kier alpha value is -2.82. The van der Waals surface area contributed by atoms with Gasteiger partial charge < -0.3 is 9.73 Å². The first-order valence-electron chi connectivity index (χ1n) is 7.08. The quantitative estimate of drug-likeness (QED) is 0.802. The zero-order valence-electron chi connectivity index (χ0n) is 12.5. The molecule has 5 heteroatoms. The van der Waals surface area contributed by atoms with Crippen LogP contribution in [0.4, 0.5) is 5.69 Å². The topological polar surface area (TPSA) is 60.1 Å². The molecule has 0 spiro atoms. The monoisotopic (exact) mass is 295 g/mol. The Labute approximate surface area is 128 Å². The van der Waals surface area contributed by atoms with Crippen LogP contribution in [0.2, 0.25) is 0 Å². The van der Waals surface area contributed by atoms with Gasteiger partial charge in [-0.25, -0.2) is 0 Å². The van der Waals surface area contributed by atoms with Crippen molar-refractivity contribution in [3.8, 4) is 0 Å². The molecule has 1 amide bonds. The molecule has 0 bridgehead atoms. The Morgan fingerprint density at radius 3 is 2.64 bits per heavy atom. The standard InChI is InChI=1S/C17H17N3O2/c1-12-16(18-17(21)15-9-6-10-22-15)13(2)20(19-12)11-14-7-4-3-5-8-14/h3-10H,11H2,1-2H3,(H,18,21). The molecule has 2 aromatic heterocycles. The predicted octanol–water partition coefficient (Wildman–Crippen LogP) is 3.39. The van der Waals surface area contributed by atoms with Crippen LogP contribution in [-0.2, 0) is 6.54 Å². The van der Waals surface area contributed by atoms with E-state index in [0.717, 1.165) is 22.6 Å². The van der Waals surface area contributed by atoms with Crippen molar-refractivity contribution >= 4 is 11.6 Å². The average Bonchev–Trinajstić information content (AvgIpc) is 3.13. The normalized spacial score (nSPS) is 10.6. The van der Waals surface area contributed by atoms with Gasteiger partial charge in [-0.2, -0.15) is 5.10 Å². The highest BCUT2D eigenvalue weighted by molar-refractivity contribution is 6.02. The molecule has 2 heterocycles. The van der Waals surface area contributed by atoms with E-state index in [0.29, 0.717) is 6.54 Å². The van der Waals surface area contributed by atoms with E-state index in [1.165, 1.54) is 6.26 Å². The zero-order chi connectivity index (χ0) is 15.5. The summed E-state index contributed by atoms with van der Waals surface area (Å²) in [5.41, 5.74) is 3.60. The van der Waals surface area contributed by atoms with Gasteiger partial charge in [0.15, 0.2) is 5.76 Å². The summed E-state index contributed by atoms with van der Waals surface area (Å²) >= 11 is 0. The summed E-state index contributed by atoms with van der Waals surface area (Å²) in [6.45, 7) is 4.50. The maximum atomic E-state index is 12.1. The summed E-state index contributed by atoms with van der Waals surface area (Å²) in [5, 5.41) is 7.38. The zero-order valence-corrected chi connectivity index (χ0v) is 12.5. The molecule has 3 rings (SSSR count). The third kappa shape index (κ3) is 2.79. The number of hydrogen-bond donors (Lipinski definition) is 1. The third-order valence-electron chi connectivity index (χ3n) is 3.54. The number of furan rings is 1. The number of carbonyl (C=O) groups excluding carboxylic acids is 1. The van der Waals surface area contributed by atoms with Gasteiger partial charge in [0.25, 0.3) is 5.91 Å². The molecular formula is C17H17N3O2. The molecule has 0 aliphatic rings. The van der Waals surface area contributed by atoms with E-state index in [-0.39, 0.29) is 11.7 Å². The van der Waals surface area contributed by atoms with Crippen LogP contribution in [0.5, 0.6) is 0 Å². The van der Waals surface area contributed by atoms with E-state index >= 15 is 0 Å². The minimum Gasteiger partial charge on any atom is -0.459 e. The molecule has 1 N–H and O–H groups in total. The summed E-state index contributed by atoms with van der Waals surface area (Å²) in [6.07, 6.45) is 1.48. The fraction of sp³-hybridized carbons (Fsp3) is 0.176. The molecule has 0 aliphatic carbocycles. The number of carbonyl (C=O) groups is 1. The van der Waals surface area contributed by atoms with Crippen LogP contribution in [0.15, 0.2) is 53.1 Å². The van der Waals surface area contributed by atoms with Gasteiger partial charge in [-0.3, -0.25) is 9.48 Å². The van der Waals surface area contributed by atoms with E-state index in [2.05, 4.69) is 22.5 Å². The number of rotatable bonds is 4. The number of aryl methyl sites for hydroxylation is 1. The molecule has 0 unspecified atom stereocenters. The second kappa shape index (κ2) is 5.89. The molecule has 0 radical (unpaired) electrons. The predicted molar refractivity (Wildman–Crippen MR) is 83.9 cm³/mol. The first-order chi connectivity index (χ1) is 10.6. The molecular weight excluding hydrogens is 278 g/mol. The van der Waals surface area contributed by atoms with Crippen LogP contribution >= 0.6 is 0 Å². The number of hydrogen-bond acceptors (Lipinski definition) is 3. The van der Waals surface area contributed by atoms with Crippen molar-refractivity contribution in [3.63, 3.8) is 0 Å². The van der Waals surface area contributed by atoms with Crippen molar-refractivity contribution in [3.05, 3.63) is 71.4 Å². The highest BCUT2D eigenvalue weighted by Crippen LogP contribution is 2.21. The number of nitrogens with zero attached hydrogens (tertiary/aromatic N) is 2. The molecule has 3 aromatic rings. The van der Waals surface area contributed by atoms with Crippen molar-refractivity contribution in [1.82, 2.24) is 9.78 Å². The smallest absolute Gasteiger partial charge is 0.291 e. The largest absolute Gasteiger partial charge is 0.459 e. The van der Waals surface area contributed by atoms with Gasteiger partial charge in [-0.05, 0) is 31.5 Å². The molecule has 0 aliphatic heterocycles. The third-order valence-corrected chi connectivity index (χ3v) is 3.54. The SMILES string of the molecule is Cc1nn(Cc2ccccc2)c(C)c1NC(=O)c1ccco1. The van der Waals surface area contributed by atoms with Crippen LogP contribution in [0, 0.1) is 13.8 Å². The van der Waals surface area contributed by atoms with Crippen molar-refractivity contribution in [2.24, 2.45) is 0 Å². The second-order valence-corrected chi connectivity index (χ2v) is 5.12. The first kappa shape index (κ1) is 14.1. The van der Waals surface area contributed by atoms with Gasteiger partial charge in [0, 0.05) is 0 Å². The minimum absolute atomic E-state index is 0.268. The Bertz CT molecular complexity index is 774. The summed E-state index contributed by atoms with van der Waals surface area (Å²) < 4.78 is 7.00. The summed E-state index contributed by atoms with van der Waals surface area (Å²) in [5.74, 6) is 0.0186. The van der Waals surface area contributed by atoms with Gasteiger partial charge in [0.05, 0.1) is 29.9 Å². The van der Waals surface area contributed by atoms with Gasteiger partial charge in [-0.15, -0.1) is 0 Å². The molecule has 0 atom stereocenters. The molecule has 1 aromatic carbocycles. The first-order valence-corrected chi connectivity index (χ1v) is 7.08. The van der Waals surface area contributed by atoms with Crippen molar-refractivity contribution in [2.75, 3.05) is 5.32 Å². The highest BCUT2D eigenvalue weighted by Gasteiger charge is 2.16. The Morgan fingerprint density at radius 1 is 1.18 bits per heavy atom. The van der Waals surface area contributed by atoms with Crippen molar-refractivity contribution < 1.29 is 9.21 Å². The Kier molecular flexibility index (Phi) is 3.78. The Morgan fingerprint density at radius 2 is 1.95 bits per heavy atom. The minimum atomic E-state index is -0.268. The van der Waals surface area contributed by atoms with Crippen LogP contribution in [-0.4, -0.2) is 15.7 Å². The fourth-order valence-electron chi connectivity index (χ4n) is 2.37. The number of anilines is 1. The van der Waals surface area contributed by atoms with E-state index in [1.54, 1.807) is 12.1 Å². The summed E-state index contributed by atoms with van der Waals surface area (Å²) in [6, 6.07) is 13.4. The lowest BCUT2D eigenvalue weighted by Gasteiger charge is -2.06. The molecule has 0 saturated heterocycles. The molecule has 112 valence electrons. The van der Waals surface area contributed by atoms with E-state index < -0.39 is 0 Å². The summed E-state index contributed by atoms with van der Waals surface area (Å²) in [4.78, 5) is 12.1. The van der Waals surface area contributed by atoms with Gasteiger partial charge in [0.2, 0.25) is 0 Å². The average molecular weight is 295 g/mol. The number of benzene rings is 1. The van der Waals surface area contributed by atoms with Crippen LogP contribution in [0.25, 0.3) is 0 Å². The number of amides is 1. The maximum Gasteiger partial charge on any atom is 0.291 e. The van der Waals surface area contributed by atoms with Crippen molar-refractivity contribution in [1.29, 1.82) is 0 Å². The van der Waals surface area contributed by atoms with Gasteiger partial charge in [0.1, 0.15) is 0 Å². The lowest BCUT2D eigenvalue weighted by Crippen LogP contribution is -2.12. The lowest BCUT2D eigenvalue weighted by atomic mass is 10.2.